The molecule has 0 saturated carbocycles. The Morgan fingerprint density at radius 3 is 2.47 bits per heavy atom. The van der Waals surface area contributed by atoms with Gasteiger partial charge in [0.15, 0.2) is 0 Å². The van der Waals surface area contributed by atoms with Crippen LogP contribution in [-0.2, 0) is 9.59 Å². The topological polar surface area (TPSA) is 92.4 Å². The Balaban J connectivity index is 1.61. The van der Waals surface area contributed by atoms with Crippen LogP contribution in [0.2, 0.25) is 0 Å². The molecule has 7 nitrogen and oxygen atoms in total. The Morgan fingerprint density at radius 2 is 1.77 bits per heavy atom. The molecule has 1 aromatic heterocycles. The summed E-state index contributed by atoms with van der Waals surface area (Å²) in [5.41, 5.74) is 8.75. The summed E-state index contributed by atoms with van der Waals surface area (Å²) in [6.45, 7) is 3.63. The molecule has 0 bridgehead atoms. The van der Waals surface area contributed by atoms with Crippen molar-refractivity contribution in [1.82, 2.24) is 19.8 Å². The molecule has 7 heteroatoms. The van der Waals surface area contributed by atoms with E-state index >= 15 is 0 Å². The van der Waals surface area contributed by atoms with Crippen molar-refractivity contribution in [2.75, 3.05) is 25.4 Å². The lowest BCUT2D eigenvalue weighted by Gasteiger charge is -2.40. The van der Waals surface area contributed by atoms with E-state index in [-0.39, 0.29) is 29.7 Å². The van der Waals surface area contributed by atoms with Crippen molar-refractivity contribution in [3.05, 3.63) is 42.2 Å². The SMILES string of the molecule is CC(=O)N1CCC(C(=O)N2CCCC[C@H]2c2nc(N)ncc2-c2ccccc2)CC1. The molecule has 2 aliphatic heterocycles. The van der Waals surface area contributed by atoms with E-state index < -0.39 is 0 Å². The summed E-state index contributed by atoms with van der Waals surface area (Å²) in [5.74, 6) is 0.456. The van der Waals surface area contributed by atoms with Crippen molar-refractivity contribution in [1.29, 1.82) is 0 Å². The van der Waals surface area contributed by atoms with Gasteiger partial charge in [0.25, 0.3) is 0 Å². The highest BCUT2D eigenvalue weighted by Crippen LogP contribution is 2.37. The first-order valence-corrected chi connectivity index (χ1v) is 10.8. The van der Waals surface area contributed by atoms with E-state index in [0.29, 0.717) is 13.1 Å². The predicted molar refractivity (Wildman–Crippen MR) is 115 cm³/mol. The van der Waals surface area contributed by atoms with Gasteiger partial charge in [0.2, 0.25) is 17.8 Å². The van der Waals surface area contributed by atoms with E-state index in [1.165, 1.54) is 0 Å². The average Bonchev–Trinajstić information content (AvgIpc) is 2.79. The zero-order valence-electron chi connectivity index (χ0n) is 17.5. The number of piperidine rings is 2. The van der Waals surface area contributed by atoms with Crippen LogP contribution in [0, 0.1) is 5.92 Å². The summed E-state index contributed by atoms with van der Waals surface area (Å²) in [7, 11) is 0. The molecule has 2 saturated heterocycles. The molecule has 2 fully saturated rings. The first-order valence-electron chi connectivity index (χ1n) is 10.8. The average molecular weight is 408 g/mol. The van der Waals surface area contributed by atoms with Gasteiger partial charge in [-0.3, -0.25) is 9.59 Å². The largest absolute Gasteiger partial charge is 0.368 e. The van der Waals surface area contributed by atoms with Crippen molar-refractivity contribution >= 4 is 17.8 Å². The normalized spacial score (nSPS) is 20.2. The lowest BCUT2D eigenvalue weighted by Crippen LogP contribution is -2.46. The third kappa shape index (κ3) is 4.15. The standard InChI is InChI=1S/C23H29N5O2/c1-16(29)27-13-10-18(11-14-27)22(30)28-12-6-5-9-20(28)21-19(15-25-23(24)26-21)17-7-3-2-4-8-17/h2-4,7-8,15,18,20H,5-6,9-14H2,1H3,(H2,24,25,26)/t20-/m0/s1. The molecule has 1 atom stereocenters. The highest BCUT2D eigenvalue weighted by molar-refractivity contribution is 5.81. The minimum absolute atomic E-state index is 0.0411. The minimum Gasteiger partial charge on any atom is -0.368 e. The lowest BCUT2D eigenvalue weighted by atomic mass is 9.90. The van der Waals surface area contributed by atoms with Crippen LogP contribution in [0.4, 0.5) is 5.95 Å². The van der Waals surface area contributed by atoms with E-state index in [1.54, 1.807) is 13.1 Å². The third-order valence-electron chi connectivity index (χ3n) is 6.31. The Morgan fingerprint density at radius 1 is 1.03 bits per heavy atom. The summed E-state index contributed by atoms with van der Waals surface area (Å²) >= 11 is 0. The maximum Gasteiger partial charge on any atom is 0.226 e. The number of carbonyl (C=O) groups is 2. The highest BCUT2D eigenvalue weighted by atomic mass is 16.2. The molecule has 2 aliphatic rings. The van der Waals surface area contributed by atoms with Gasteiger partial charge < -0.3 is 15.5 Å². The quantitative estimate of drug-likeness (QED) is 0.844. The number of amides is 2. The van der Waals surface area contributed by atoms with Crippen molar-refractivity contribution in [2.24, 2.45) is 5.92 Å². The van der Waals surface area contributed by atoms with Crippen molar-refractivity contribution in [3.63, 3.8) is 0 Å². The lowest BCUT2D eigenvalue weighted by molar-refractivity contribution is -0.143. The first kappa shape index (κ1) is 20.3. The van der Waals surface area contributed by atoms with Gasteiger partial charge in [0, 0.05) is 44.2 Å². The smallest absolute Gasteiger partial charge is 0.226 e. The summed E-state index contributed by atoms with van der Waals surface area (Å²) in [6, 6.07) is 9.92. The summed E-state index contributed by atoms with van der Waals surface area (Å²) in [4.78, 5) is 37.8. The fourth-order valence-electron chi connectivity index (χ4n) is 4.66. The number of carbonyl (C=O) groups excluding carboxylic acids is 2. The van der Waals surface area contributed by atoms with Gasteiger partial charge in [-0.25, -0.2) is 9.97 Å². The summed E-state index contributed by atoms with van der Waals surface area (Å²) < 4.78 is 0. The van der Waals surface area contributed by atoms with Crippen molar-refractivity contribution < 1.29 is 9.59 Å². The summed E-state index contributed by atoms with van der Waals surface area (Å²) in [5, 5.41) is 0. The second kappa shape index (κ2) is 8.81. The number of hydrogen-bond acceptors (Lipinski definition) is 5. The van der Waals surface area contributed by atoms with Crippen molar-refractivity contribution in [3.8, 4) is 11.1 Å². The van der Waals surface area contributed by atoms with E-state index in [1.807, 2.05) is 40.1 Å². The fourth-order valence-corrected chi connectivity index (χ4v) is 4.66. The van der Waals surface area contributed by atoms with Crippen LogP contribution in [0.3, 0.4) is 0 Å². The fraction of sp³-hybridized carbons (Fsp3) is 0.478. The molecule has 1 aromatic carbocycles. The zero-order chi connectivity index (χ0) is 21.1. The molecule has 30 heavy (non-hydrogen) atoms. The van der Waals surface area contributed by atoms with Gasteiger partial charge in [-0.15, -0.1) is 0 Å². The van der Waals surface area contributed by atoms with Gasteiger partial charge >= 0.3 is 0 Å². The van der Waals surface area contributed by atoms with Crippen LogP contribution in [0.25, 0.3) is 11.1 Å². The predicted octanol–water partition coefficient (Wildman–Crippen LogP) is 3.04. The van der Waals surface area contributed by atoms with Gasteiger partial charge in [0.05, 0.1) is 11.7 Å². The Hall–Kier alpha value is -2.96. The minimum atomic E-state index is -0.0995. The molecular weight excluding hydrogens is 378 g/mol. The first-order chi connectivity index (χ1) is 14.5. The van der Waals surface area contributed by atoms with Crippen molar-refractivity contribution in [2.45, 2.75) is 45.1 Å². The number of aromatic nitrogens is 2. The van der Waals surface area contributed by atoms with Crippen LogP contribution in [-0.4, -0.2) is 51.2 Å². The number of benzene rings is 1. The third-order valence-corrected chi connectivity index (χ3v) is 6.31. The van der Waals surface area contributed by atoms with E-state index in [9.17, 15) is 9.59 Å². The number of hydrogen-bond donors (Lipinski definition) is 1. The molecule has 0 unspecified atom stereocenters. The maximum atomic E-state index is 13.5. The second-order valence-electron chi connectivity index (χ2n) is 8.22. The Bertz CT molecular complexity index is 909. The summed E-state index contributed by atoms with van der Waals surface area (Å²) in [6.07, 6.45) is 6.13. The molecule has 2 aromatic rings. The van der Waals surface area contributed by atoms with Gasteiger partial charge in [-0.1, -0.05) is 30.3 Å². The van der Waals surface area contributed by atoms with E-state index in [2.05, 4.69) is 9.97 Å². The molecular formula is C23H29N5O2. The van der Waals surface area contributed by atoms with E-state index in [0.717, 1.165) is 55.5 Å². The molecule has 0 radical (unpaired) electrons. The van der Waals surface area contributed by atoms with Gasteiger partial charge in [-0.2, -0.15) is 0 Å². The molecule has 2 amide bonds. The number of nitrogens with zero attached hydrogens (tertiary/aromatic N) is 4. The molecule has 0 aliphatic carbocycles. The second-order valence-corrected chi connectivity index (χ2v) is 8.22. The maximum absolute atomic E-state index is 13.5. The molecule has 0 spiro atoms. The monoisotopic (exact) mass is 407 g/mol. The van der Waals surface area contributed by atoms with E-state index in [4.69, 9.17) is 5.73 Å². The number of anilines is 1. The van der Waals surface area contributed by atoms with Gasteiger partial charge in [0.1, 0.15) is 0 Å². The zero-order valence-corrected chi connectivity index (χ0v) is 17.5. The van der Waals surface area contributed by atoms with Crippen LogP contribution < -0.4 is 5.73 Å². The molecule has 3 heterocycles. The van der Waals surface area contributed by atoms with Crippen LogP contribution in [0.1, 0.15) is 50.8 Å². The highest BCUT2D eigenvalue weighted by Gasteiger charge is 2.36. The van der Waals surface area contributed by atoms with Crippen LogP contribution in [0.5, 0.6) is 0 Å². The Labute approximate surface area is 177 Å². The molecule has 4 rings (SSSR count). The molecule has 158 valence electrons. The number of likely N-dealkylation sites (tertiary alicyclic amines) is 2. The number of rotatable bonds is 3. The van der Waals surface area contributed by atoms with Crippen LogP contribution in [0.15, 0.2) is 36.5 Å². The van der Waals surface area contributed by atoms with Gasteiger partial charge in [-0.05, 0) is 37.7 Å². The number of nitrogen functional groups attached to an aromatic ring is 1. The number of nitrogens with two attached hydrogens (primary N) is 1. The van der Waals surface area contributed by atoms with Crippen LogP contribution >= 0.6 is 0 Å². The molecule has 2 N–H and O–H groups in total. The Kier molecular flexibility index (Phi) is 5.97.